The Morgan fingerprint density at radius 1 is 1.52 bits per heavy atom. The molecular weight excluding hydrogens is 355 g/mol. The molecule has 0 spiro atoms. The molecule has 1 amide bonds. The minimum atomic E-state index is -0.535. The predicted octanol–water partition coefficient (Wildman–Crippen LogP) is 3.94. The standard InChI is InChI=1S/C15H16BrFN2OS/c1-9(6-10-4-3-5-21-10)19(2)15(20)11-7-14(18)13(17)8-12(11)16/h3-5,7-9H,6,18H2,1-2H3. The Hall–Kier alpha value is -1.40. The Morgan fingerprint density at radius 2 is 2.24 bits per heavy atom. The number of carbonyl (C=O) groups excluding carboxylic acids is 1. The predicted molar refractivity (Wildman–Crippen MR) is 88.1 cm³/mol. The minimum Gasteiger partial charge on any atom is -0.396 e. The van der Waals surface area contributed by atoms with Gasteiger partial charge in [-0.3, -0.25) is 4.79 Å². The van der Waals surface area contributed by atoms with Gasteiger partial charge >= 0.3 is 0 Å². The van der Waals surface area contributed by atoms with Crippen molar-refractivity contribution in [1.82, 2.24) is 4.90 Å². The van der Waals surface area contributed by atoms with E-state index in [1.54, 1.807) is 23.3 Å². The first-order valence-corrected chi connectivity index (χ1v) is 8.11. The van der Waals surface area contributed by atoms with Gasteiger partial charge in [-0.1, -0.05) is 6.07 Å². The average Bonchev–Trinajstić information content (AvgIpc) is 2.94. The fourth-order valence-electron chi connectivity index (χ4n) is 1.98. The second kappa shape index (κ2) is 6.58. The SMILES string of the molecule is CC(Cc1cccs1)N(C)C(=O)c1cc(N)c(F)cc1Br. The topological polar surface area (TPSA) is 46.3 Å². The number of likely N-dealkylation sites (N-methyl/N-ethyl adjacent to an activating group) is 1. The Bertz CT molecular complexity index is 645. The molecule has 0 saturated heterocycles. The lowest BCUT2D eigenvalue weighted by Crippen LogP contribution is -2.36. The van der Waals surface area contributed by atoms with Gasteiger partial charge in [0.25, 0.3) is 5.91 Å². The summed E-state index contributed by atoms with van der Waals surface area (Å²) in [7, 11) is 1.74. The molecule has 2 aromatic rings. The molecule has 6 heteroatoms. The number of nitrogens with zero attached hydrogens (tertiary/aromatic N) is 1. The van der Waals surface area contributed by atoms with Crippen LogP contribution < -0.4 is 5.73 Å². The van der Waals surface area contributed by atoms with Crippen LogP contribution in [-0.4, -0.2) is 23.9 Å². The van der Waals surface area contributed by atoms with Crippen molar-refractivity contribution in [3.05, 3.63) is 50.4 Å². The van der Waals surface area contributed by atoms with Crippen LogP contribution in [-0.2, 0) is 6.42 Å². The maximum absolute atomic E-state index is 13.4. The first-order chi connectivity index (χ1) is 9.90. The van der Waals surface area contributed by atoms with E-state index in [-0.39, 0.29) is 17.6 Å². The summed E-state index contributed by atoms with van der Waals surface area (Å²) < 4.78 is 13.8. The van der Waals surface area contributed by atoms with Crippen LogP contribution in [0.4, 0.5) is 10.1 Å². The molecule has 1 aromatic carbocycles. The molecule has 0 fully saturated rings. The molecule has 3 nitrogen and oxygen atoms in total. The molecule has 2 N–H and O–H groups in total. The summed E-state index contributed by atoms with van der Waals surface area (Å²) in [5.41, 5.74) is 5.89. The number of hydrogen-bond acceptors (Lipinski definition) is 3. The van der Waals surface area contributed by atoms with Crippen LogP contribution in [0.5, 0.6) is 0 Å². The zero-order chi connectivity index (χ0) is 15.6. The number of anilines is 1. The monoisotopic (exact) mass is 370 g/mol. The van der Waals surface area contributed by atoms with Crippen molar-refractivity contribution in [1.29, 1.82) is 0 Å². The van der Waals surface area contributed by atoms with Crippen molar-refractivity contribution in [2.24, 2.45) is 0 Å². The molecule has 0 saturated carbocycles. The van der Waals surface area contributed by atoms with E-state index >= 15 is 0 Å². The summed E-state index contributed by atoms with van der Waals surface area (Å²) >= 11 is 4.89. The van der Waals surface area contributed by atoms with Crippen molar-refractivity contribution in [2.75, 3.05) is 12.8 Å². The quantitative estimate of drug-likeness (QED) is 0.828. The molecule has 0 radical (unpaired) electrons. The van der Waals surface area contributed by atoms with Crippen LogP contribution in [0.3, 0.4) is 0 Å². The van der Waals surface area contributed by atoms with Gasteiger partial charge in [-0.2, -0.15) is 0 Å². The summed E-state index contributed by atoms with van der Waals surface area (Å²) in [6, 6.07) is 6.67. The number of hydrogen-bond donors (Lipinski definition) is 1. The summed E-state index contributed by atoms with van der Waals surface area (Å²) in [5, 5.41) is 2.02. The number of carbonyl (C=O) groups is 1. The lowest BCUT2D eigenvalue weighted by molar-refractivity contribution is 0.0743. The highest BCUT2D eigenvalue weighted by atomic mass is 79.9. The molecule has 1 heterocycles. The Labute approximate surface area is 135 Å². The molecule has 0 bridgehead atoms. The van der Waals surface area contributed by atoms with Gasteiger partial charge in [-0.05, 0) is 46.4 Å². The Morgan fingerprint density at radius 3 is 2.86 bits per heavy atom. The third-order valence-electron chi connectivity index (χ3n) is 3.37. The number of rotatable bonds is 4. The highest BCUT2D eigenvalue weighted by Crippen LogP contribution is 2.25. The molecule has 0 aliphatic carbocycles. The van der Waals surface area contributed by atoms with Gasteiger partial charge in [0.15, 0.2) is 0 Å². The first kappa shape index (κ1) is 16.0. The van der Waals surface area contributed by atoms with Crippen molar-refractivity contribution in [3.63, 3.8) is 0 Å². The maximum Gasteiger partial charge on any atom is 0.255 e. The third kappa shape index (κ3) is 3.63. The molecule has 21 heavy (non-hydrogen) atoms. The van der Waals surface area contributed by atoms with Gasteiger partial charge in [0.1, 0.15) is 5.82 Å². The molecule has 0 aliphatic heterocycles. The van der Waals surface area contributed by atoms with E-state index in [4.69, 9.17) is 5.73 Å². The van der Waals surface area contributed by atoms with Crippen molar-refractivity contribution in [2.45, 2.75) is 19.4 Å². The van der Waals surface area contributed by atoms with Crippen molar-refractivity contribution in [3.8, 4) is 0 Å². The minimum absolute atomic E-state index is 0.0270. The molecule has 112 valence electrons. The van der Waals surface area contributed by atoms with Crippen LogP contribution in [0.15, 0.2) is 34.1 Å². The Balaban J connectivity index is 2.17. The summed E-state index contributed by atoms with van der Waals surface area (Å²) in [6.07, 6.45) is 0.786. The van der Waals surface area contributed by atoms with Crippen molar-refractivity contribution >= 4 is 38.9 Å². The van der Waals surface area contributed by atoms with E-state index in [0.717, 1.165) is 6.42 Å². The molecule has 2 rings (SSSR count). The van der Waals surface area contributed by atoms with Gasteiger partial charge < -0.3 is 10.6 Å². The van der Waals surface area contributed by atoms with Gasteiger partial charge in [-0.25, -0.2) is 4.39 Å². The number of halogens is 2. The summed E-state index contributed by atoms with van der Waals surface area (Å²) in [4.78, 5) is 15.4. The number of amides is 1. The van der Waals surface area contributed by atoms with Gasteiger partial charge in [0.2, 0.25) is 0 Å². The molecule has 0 aliphatic rings. The van der Waals surface area contributed by atoms with Gasteiger partial charge in [0, 0.05) is 28.9 Å². The zero-order valence-electron chi connectivity index (χ0n) is 11.8. The fourth-order valence-corrected chi connectivity index (χ4v) is 3.29. The number of nitrogen functional groups attached to an aromatic ring is 1. The lowest BCUT2D eigenvalue weighted by atomic mass is 10.1. The van der Waals surface area contributed by atoms with E-state index < -0.39 is 5.82 Å². The van der Waals surface area contributed by atoms with Crippen LogP contribution >= 0.6 is 27.3 Å². The summed E-state index contributed by atoms with van der Waals surface area (Å²) in [6.45, 7) is 1.98. The number of nitrogens with two attached hydrogens (primary N) is 1. The summed E-state index contributed by atoms with van der Waals surface area (Å²) in [5.74, 6) is -0.717. The van der Waals surface area contributed by atoms with E-state index in [1.165, 1.54) is 17.0 Å². The van der Waals surface area contributed by atoms with E-state index in [1.807, 2.05) is 24.4 Å². The normalized spacial score (nSPS) is 12.2. The fraction of sp³-hybridized carbons (Fsp3) is 0.267. The highest BCUT2D eigenvalue weighted by Gasteiger charge is 2.21. The van der Waals surface area contributed by atoms with Crippen LogP contribution in [0, 0.1) is 5.82 Å². The highest BCUT2D eigenvalue weighted by molar-refractivity contribution is 9.10. The van der Waals surface area contributed by atoms with Gasteiger partial charge in [0.05, 0.1) is 11.3 Å². The molecular formula is C15H16BrFN2OS. The van der Waals surface area contributed by atoms with Crippen LogP contribution in [0.25, 0.3) is 0 Å². The smallest absolute Gasteiger partial charge is 0.255 e. The number of thiophene rings is 1. The largest absolute Gasteiger partial charge is 0.396 e. The Kier molecular flexibility index (Phi) is 5.00. The van der Waals surface area contributed by atoms with E-state index in [9.17, 15) is 9.18 Å². The maximum atomic E-state index is 13.4. The third-order valence-corrected chi connectivity index (χ3v) is 4.93. The lowest BCUT2D eigenvalue weighted by Gasteiger charge is -2.25. The van der Waals surface area contributed by atoms with E-state index in [0.29, 0.717) is 10.0 Å². The van der Waals surface area contributed by atoms with Crippen molar-refractivity contribution < 1.29 is 9.18 Å². The van der Waals surface area contributed by atoms with Crippen LogP contribution in [0.1, 0.15) is 22.2 Å². The second-order valence-corrected chi connectivity index (χ2v) is 6.79. The molecule has 1 aromatic heterocycles. The second-order valence-electron chi connectivity index (χ2n) is 4.90. The number of benzene rings is 1. The molecule has 1 unspecified atom stereocenters. The van der Waals surface area contributed by atoms with E-state index in [2.05, 4.69) is 15.9 Å². The van der Waals surface area contributed by atoms with Crippen LogP contribution in [0.2, 0.25) is 0 Å². The zero-order valence-corrected chi connectivity index (χ0v) is 14.2. The van der Waals surface area contributed by atoms with Gasteiger partial charge in [-0.15, -0.1) is 11.3 Å². The first-order valence-electron chi connectivity index (χ1n) is 6.44. The average molecular weight is 371 g/mol. The molecule has 1 atom stereocenters.